The molecule has 0 unspecified atom stereocenters. The van der Waals surface area contributed by atoms with Gasteiger partial charge in [-0.2, -0.15) is 13.1 Å². The number of hydrogen-bond acceptors (Lipinski definition) is 10. The van der Waals surface area contributed by atoms with Crippen LogP contribution in [-0.4, -0.2) is 81.3 Å². The number of aromatic nitrogens is 2. The first-order valence-corrected chi connectivity index (χ1v) is 18.4. The number of hydrogen-bond donors (Lipinski definition) is 0. The third-order valence-electron chi connectivity index (χ3n) is 8.76. The van der Waals surface area contributed by atoms with Crippen molar-refractivity contribution in [1.29, 1.82) is 0 Å². The van der Waals surface area contributed by atoms with Gasteiger partial charge in [-0.1, -0.05) is 29.3 Å². The van der Waals surface area contributed by atoms with Crippen LogP contribution in [0, 0.1) is 5.92 Å². The predicted molar refractivity (Wildman–Crippen MR) is 178 cm³/mol. The molecule has 3 aromatic rings. The first-order valence-electron chi connectivity index (χ1n) is 16.2. The highest BCUT2D eigenvalue weighted by Gasteiger charge is 2.40. The molecular formula is C33H38Cl2F2N4O8S. The summed E-state index contributed by atoms with van der Waals surface area (Å²) in [5.41, 5.74) is 0.863. The molecular weight excluding hydrogens is 721 g/mol. The van der Waals surface area contributed by atoms with Crippen LogP contribution in [0.5, 0.6) is 11.5 Å². The van der Waals surface area contributed by atoms with Gasteiger partial charge in [-0.3, -0.25) is 4.79 Å². The van der Waals surface area contributed by atoms with Crippen molar-refractivity contribution in [3.05, 3.63) is 70.1 Å². The average Bonchev–Trinajstić information content (AvgIpc) is 3.94. The number of alkyl halides is 2. The third-order valence-corrected chi connectivity index (χ3v) is 11.3. The highest BCUT2D eigenvalue weighted by atomic mass is 35.5. The molecule has 2 saturated heterocycles. The van der Waals surface area contributed by atoms with Crippen molar-refractivity contribution in [2.24, 2.45) is 5.92 Å². The molecule has 2 aromatic heterocycles. The van der Waals surface area contributed by atoms with Gasteiger partial charge in [0.1, 0.15) is 32.9 Å². The van der Waals surface area contributed by atoms with Crippen LogP contribution < -0.4 is 19.4 Å². The van der Waals surface area contributed by atoms with Gasteiger partial charge in [-0.05, 0) is 67.9 Å². The quantitative estimate of drug-likeness (QED) is 0.210. The van der Waals surface area contributed by atoms with Gasteiger partial charge in [-0.25, -0.2) is 18.4 Å². The van der Waals surface area contributed by atoms with Crippen molar-refractivity contribution >= 4 is 45.0 Å². The van der Waals surface area contributed by atoms with E-state index in [1.165, 1.54) is 47.2 Å². The second kappa shape index (κ2) is 16.8. The number of rotatable bonds is 13. The van der Waals surface area contributed by atoms with Gasteiger partial charge < -0.3 is 29.3 Å². The summed E-state index contributed by atoms with van der Waals surface area (Å²) in [6, 6.07) is 6.34. The van der Waals surface area contributed by atoms with Crippen LogP contribution in [0.25, 0.3) is 0 Å². The monoisotopic (exact) mass is 758 g/mol. The number of sulfonamides is 1. The number of H-pyrrole nitrogens is 1. The number of nitrogens with zero attached hydrogens (tertiary/aromatic N) is 3. The standard InChI is InChI=1S/C33H36Cl2F2N4O7S.H2O/c34-25-18-38-19-26(35)24(25)16-29(22-6-8-28(48-33(36)37)30(15-22)46-20-21-4-5-21)47-32(42)27-3-1-2-10-41(27)49(43,44)23-7-9-31(39-17-23)40-11-13-45-14-12-40;/h6-9,15,17-19,21,27,29,33H,1-5,10-14,16,20H2;1H2/t27-,29-;/m0./s1. The Bertz CT molecular complexity index is 1710. The summed E-state index contributed by atoms with van der Waals surface area (Å²) in [4.78, 5) is 23.2. The number of nitrogens with one attached hydrogen (secondary N) is 1. The van der Waals surface area contributed by atoms with Gasteiger partial charge in [0.25, 0.3) is 0 Å². The molecule has 0 radical (unpaired) electrons. The number of morpholine rings is 1. The minimum Gasteiger partial charge on any atom is -0.870 e. The van der Waals surface area contributed by atoms with Gasteiger partial charge in [-0.15, -0.1) is 0 Å². The van der Waals surface area contributed by atoms with Gasteiger partial charge in [0, 0.05) is 37.8 Å². The second-order valence-electron chi connectivity index (χ2n) is 12.2. The summed E-state index contributed by atoms with van der Waals surface area (Å²) in [6.45, 7) is -0.235. The minimum absolute atomic E-state index is 0. The Kier molecular flexibility index (Phi) is 12.7. The molecule has 1 aromatic carbocycles. The Balaban J connectivity index is 0.00000486. The van der Waals surface area contributed by atoms with Crippen LogP contribution in [0.3, 0.4) is 0 Å². The Morgan fingerprint density at radius 3 is 2.42 bits per heavy atom. The van der Waals surface area contributed by atoms with E-state index in [-0.39, 0.29) is 51.3 Å². The first-order chi connectivity index (χ1) is 23.6. The molecule has 17 heteroatoms. The van der Waals surface area contributed by atoms with E-state index in [1.54, 1.807) is 6.07 Å². The SMILES string of the molecule is O=C(O[C@@H](Cc1c(Cl)c[nH+]cc1Cl)c1ccc(OC(F)F)c(OCC2CC2)c1)[C@@H]1CCCCN1S(=O)(=O)c1ccc(N2CCOCC2)nc1.[OH-]. The Morgan fingerprint density at radius 2 is 1.76 bits per heavy atom. The number of halogens is 4. The summed E-state index contributed by atoms with van der Waals surface area (Å²) >= 11 is 13.0. The maximum Gasteiger partial charge on any atom is 0.387 e. The molecule has 3 aliphatic rings. The number of pyridine rings is 2. The second-order valence-corrected chi connectivity index (χ2v) is 14.9. The van der Waals surface area contributed by atoms with E-state index in [0.717, 1.165) is 12.8 Å². The van der Waals surface area contributed by atoms with Crippen molar-refractivity contribution in [2.45, 2.75) is 62.2 Å². The molecule has 2 aliphatic heterocycles. The van der Waals surface area contributed by atoms with Crippen molar-refractivity contribution in [2.75, 3.05) is 44.4 Å². The van der Waals surface area contributed by atoms with Gasteiger partial charge >= 0.3 is 12.6 Å². The topological polar surface area (TPSA) is 152 Å². The maximum atomic E-state index is 14.0. The van der Waals surface area contributed by atoms with Crippen LogP contribution >= 0.6 is 23.2 Å². The van der Waals surface area contributed by atoms with E-state index in [2.05, 4.69) is 9.97 Å². The summed E-state index contributed by atoms with van der Waals surface area (Å²) in [5, 5.41) is 0.567. The van der Waals surface area contributed by atoms with Crippen molar-refractivity contribution in [3.63, 3.8) is 0 Å². The molecule has 272 valence electrons. The molecule has 2 atom stereocenters. The minimum atomic E-state index is -4.14. The number of benzene rings is 1. The number of anilines is 1. The normalized spacial score (nSPS) is 19.1. The van der Waals surface area contributed by atoms with E-state index in [1.807, 2.05) is 4.90 Å². The summed E-state index contributed by atoms with van der Waals surface area (Å²) in [5.74, 6) is 0.0991. The van der Waals surface area contributed by atoms with Crippen molar-refractivity contribution in [1.82, 2.24) is 9.29 Å². The predicted octanol–water partition coefficient (Wildman–Crippen LogP) is 5.32. The lowest BCUT2D eigenvalue weighted by Gasteiger charge is -2.34. The van der Waals surface area contributed by atoms with Crippen LogP contribution in [-0.2, 0) is 30.7 Å². The zero-order valence-electron chi connectivity index (χ0n) is 27.0. The third kappa shape index (κ3) is 9.11. The fraction of sp³-hybridized carbons (Fsp3) is 0.485. The van der Waals surface area contributed by atoms with Crippen molar-refractivity contribution < 1.29 is 51.4 Å². The molecule has 1 aliphatic carbocycles. The highest BCUT2D eigenvalue weighted by molar-refractivity contribution is 7.89. The van der Waals surface area contributed by atoms with Crippen LogP contribution in [0.15, 0.2) is 53.8 Å². The lowest BCUT2D eigenvalue weighted by atomic mass is 10.0. The molecule has 0 spiro atoms. The number of ether oxygens (including phenoxy) is 4. The first kappa shape index (κ1) is 37.9. The number of carbonyl (C=O) groups is 1. The van der Waals surface area contributed by atoms with E-state index in [0.29, 0.717) is 68.6 Å². The average molecular weight is 760 g/mol. The Labute approximate surface area is 298 Å². The lowest BCUT2D eigenvalue weighted by molar-refractivity contribution is -0.377. The summed E-state index contributed by atoms with van der Waals surface area (Å²) in [7, 11) is -4.14. The van der Waals surface area contributed by atoms with Crippen LogP contribution in [0.1, 0.15) is 49.3 Å². The van der Waals surface area contributed by atoms with Crippen LogP contribution in [0.4, 0.5) is 14.6 Å². The summed E-state index contributed by atoms with van der Waals surface area (Å²) in [6.07, 6.45) is 6.67. The zero-order valence-corrected chi connectivity index (χ0v) is 29.3. The number of carbonyl (C=O) groups excluding carboxylic acids is 1. The molecule has 0 amide bonds. The van der Waals surface area contributed by atoms with Crippen molar-refractivity contribution in [3.8, 4) is 11.5 Å². The molecule has 3 fully saturated rings. The maximum absolute atomic E-state index is 14.0. The fourth-order valence-corrected chi connectivity index (χ4v) is 8.02. The van der Waals surface area contributed by atoms with Gasteiger partial charge in [0.2, 0.25) is 10.0 Å². The Morgan fingerprint density at radius 1 is 1.02 bits per heavy atom. The lowest BCUT2D eigenvalue weighted by Crippen LogP contribution is -2.48. The van der Waals surface area contributed by atoms with E-state index in [9.17, 15) is 22.0 Å². The molecule has 0 bridgehead atoms. The van der Waals surface area contributed by atoms with E-state index >= 15 is 0 Å². The fourth-order valence-electron chi connectivity index (χ4n) is 5.89. The zero-order chi connectivity index (χ0) is 34.5. The molecule has 12 nitrogen and oxygen atoms in total. The van der Waals surface area contributed by atoms with E-state index < -0.39 is 34.7 Å². The summed E-state index contributed by atoms with van der Waals surface area (Å²) < 4.78 is 77.6. The number of aromatic amines is 1. The molecule has 50 heavy (non-hydrogen) atoms. The molecule has 2 N–H and O–H groups in total. The van der Waals surface area contributed by atoms with Crippen LogP contribution in [0.2, 0.25) is 10.0 Å². The smallest absolute Gasteiger partial charge is 0.387 e. The number of piperidine rings is 1. The van der Waals surface area contributed by atoms with Gasteiger partial charge in [0.15, 0.2) is 23.9 Å². The van der Waals surface area contributed by atoms with E-state index in [4.69, 9.17) is 42.1 Å². The molecule has 4 heterocycles. The Hall–Kier alpha value is -3.34. The molecule has 6 rings (SSSR count). The molecule has 1 saturated carbocycles. The van der Waals surface area contributed by atoms with Gasteiger partial charge in [0.05, 0.1) is 19.8 Å². The highest BCUT2D eigenvalue weighted by Crippen LogP contribution is 2.38. The number of esters is 1. The largest absolute Gasteiger partial charge is 0.870 e.